The van der Waals surface area contributed by atoms with Crippen LogP contribution in [0.25, 0.3) is 0 Å². The topological polar surface area (TPSA) is 41.6 Å². The first-order valence-corrected chi connectivity index (χ1v) is 8.58. The molecule has 4 nitrogen and oxygen atoms in total. The second kappa shape index (κ2) is 7.58. The minimum atomic E-state index is -0.593. The molecular weight excluding hydrogens is 324 g/mol. The second-order valence-electron chi connectivity index (χ2n) is 5.94. The smallest absolute Gasteiger partial charge is 0.265 e. The minimum absolute atomic E-state index is 0.182. The van der Waals surface area contributed by atoms with Gasteiger partial charge in [-0.3, -0.25) is 4.79 Å². The molecule has 1 fully saturated rings. The van der Waals surface area contributed by atoms with Crippen LogP contribution in [0.2, 0.25) is 5.02 Å². The summed E-state index contributed by atoms with van der Waals surface area (Å²) in [7, 11) is 0. The van der Waals surface area contributed by atoms with Crippen molar-refractivity contribution in [3.05, 3.63) is 53.6 Å². The molecule has 1 unspecified atom stereocenters. The molecule has 1 aliphatic heterocycles. The number of halogens is 1. The highest BCUT2D eigenvalue weighted by molar-refractivity contribution is 6.30. The molecule has 1 N–H and O–H groups in total. The third kappa shape index (κ3) is 4.20. The lowest BCUT2D eigenvalue weighted by molar-refractivity contribution is -0.122. The van der Waals surface area contributed by atoms with E-state index in [2.05, 4.69) is 10.2 Å². The van der Waals surface area contributed by atoms with Crippen molar-refractivity contribution in [1.82, 2.24) is 0 Å². The fourth-order valence-electron chi connectivity index (χ4n) is 2.75. The van der Waals surface area contributed by atoms with Gasteiger partial charge in [0, 0.05) is 29.5 Å². The molecule has 1 saturated heterocycles. The van der Waals surface area contributed by atoms with E-state index >= 15 is 0 Å². The van der Waals surface area contributed by atoms with E-state index in [0.717, 1.165) is 18.8 Å². The van der Waals surface area contributed by atoms with E-state index in [1.165, 1.54) is 18.5 Å². The summed E-state index contributed by atoms with van der Waals surface area (Å²) in [5, 5.41) is 3.52. The van der Waals surface area contributed by atoms with E-state index in [1.54, 1.807) is 31.2 Å². The van der Waals surface area contributed by atoms with Crippen LogP contribution in [0, 0.1) is 0 Å². The fraction of sp³-hybridized carbons (Fsp3) is 0.316. The molecule has 1 atom stereocenters. The molecule has 0 bridgehead atoms. The molecular formula is C19H21ClN2O2. The maximum atomic E-state index is 12.3. The lowest BCUT2D eigenvalue weighted by Gasteiger charge is -2.18. The molecule has 0 saturated carbocycles. The number of amides is 1. The van der Waals surface area contributed by atoms with Crippen LogP contribution in [0.1, 0.15) is 19.8 Å². The van der Waals surface area contributed by atoms with Crippen molar-refractivity contribution in [3.8, 4) is 5.75 Å². The number of hydrogen-bond acceptors (Lipinski definition) is 3. The zero-order valence-corrected chi connectivity index (χ0v) is 14.4. The molecule has 2 aromatic carbocycles. The zero-order valence-electron chi connectivity index (χ0n) is 13.7. The molecule has 0 radical (unpaired) electrons. The highest BCUT2D eigenvalue weighted by Gasteiger charge is 2.16. The third-order valence-corrected chi connectivity index (χ3v) is 4.35. The molecule has 0 aliphatic carbocycles. The summed E-state index contributed by atoms with van der Waals surface area (Å²) in [6, 6.07) is 14.9. The first-order chi connectivity index (χ1) is 11.6. The first-order valence-electron chi connectivity index (χ1n) is 8.20. The second-order valence-corrected chi connectivity index (χ2v) is 6.38. The summed E-state index contributed by atoms with van der Waals surface area (Å²) in [5.74, 6) is 0.435. The molecule has 1 heterocycles. The van der Waals surface area contributed by atoms with E-state index in [-0.39, 0.29) is 5.91 Å². The van der Waals surface area contributed by atoms with Crippen LogP contribution in [0.4, 0.5) is 11.4 Å². The molecule has 24 heavy (non-hydrogen) atoms. The van der Waals surface area contributed by atoms with Crippen LogP contribution < -0.4 is 15.0 Å². The number of carbonyl (C=O) groups is 1. The van der Waals surface area contributed by atoms with Gasteiger partial charge >= 0.3 is 0 Å². The number of nitrogens with one attached hydrogen (secondary N) is 1. The number of carbonyl (C=O) groups excluding carboxylic acids is 1. The van der Waals surface area contributed by atoms with Gasteiger partial charge in [0.15, 0.2) is 6.10 Å². The summed E-state index contributed by atoms with van der Waals surface area (Å²) in [6.45, 7) is 3.94. The van der Waals surface area contributed by atoms with Crippen LogP contribution in [0.3, 0.4) is 0 Å². The van der Waals surface area contributed by atoms with Crippen LogP contribution in [0.5, 0.6) is 5.75 Å². The monoisotopic (exact) mass is 344 g/mol. The van der Waals surface area contributed by atoms with Crippen LogP contribution in [0.15, 0.2) is 48.5 Å². The van der Waals surface area contributed by atoms with Gasteiger partial charge in [0.25, 0.3) is 5.91 Å². The van der Waals surface area contributed by atoms with Crippen molar-refractivity contribution in [1.29, 1.82) is 0 Å². The Bertz CT molecular complexity index is 680. The van der Waals surface area contributed by atoms with Gasteiger partial charge in [-0.15, -0.1) is 0 Å². The SMILES string of the molecule is CC(Oc1ccc(Cl)cc1)C(=O)Nc1ccc(N2CCCC2)cc1. The molecule has 1 amide bonds. The standard InChI is InChI=1S/C19H21ClN2O2/c1-14(24-18-10-4-15(20)5-11-18)19(23)21-16-6-8-17(9-7-16)22-12-2-3-13-22/h4-11,14H,2-3,12-13H2,1H3,(H,21,23). The number of ether oxygens (including phenoxy) is 1. The third-order valence-electron chi connectivity index (χ3n) is 4.10. The van der Waals surface area contributed by atoms with Crippen LogP contribution >= 0.6 is 11.6 Å². The zero-order chi connectivity index (χ0) is 16.9. The molecule has 0 aromatic heterocycles. The van der Waals surface area contributed by atoms with Gasteiger partial charge in [0.1, 0.15) is 5.75 Å². The molecule has 5 heteroatoms. The maximum absolute atomic E-state index is 12.3. The van der Waals surface area contributed by atoms with Gasteiger partial charge in [-0.05, 0) is 68.3 Å². The molecule has 3 rings (SSSR count). The average molecular weight is 345 g/mol. The Kier molecular flexibility index (Phi) is 5.26. The predicted molar refractivity (Wildman–Crippen MR) is 98.1 cm³/mol. The van der Waals surface area contributed by atoms with E-state index in [0.29, 0.717) is 10.8 Å². The van der Waals surface area contributed by atoms with E-state index < -0.39 is 6.10 Å². The average Bonchev–Trinajstić information content (AvgIpc) is 3.12. The van der Waals surface area contributed by atoms with Crippen molar-refractivity contribution < 1.29 is 9.53 Å². The summed E-state index contributed by atoms with van der Waals surface area (Å²) in [6.07, 6.45) is 1.90. The van der Waals surface area contributed by atoms with Crippen LogP contribution in [-0.2, 0) is 4.79 Å². The summed E-state index contributed by atoms with van der Waals surface area (Å²) in [4.78, 5) is 14.6. The highest BCUT2D eigenvalue weighted by Crippen LogP contribution is 2.22. The Morgan fingerprint density at radius 2 is 1.71 bits per heavy atom. The van der Waals surface area contributed by atoms with Gasteiger partial charge in [0.05, 0.1) is 0 Å². The highest BCUT2D eigenvalue weighted by atomic mass is 35.5. The predicted octanol–water partition coefficient (Wildman–Crippen LogP) is 4.35. The Morgan fingerprint density at radius 3 is 2.33 bits per heavy atom. The van der Waals surface area contributed by atoms with Gasteiger partial charge in [0.2, 0.25) is 0 Å². The van der Waals surface area contributed by atoms with Gasteiger partial charge in [-0.25, -0.2) is 0 Å². The lowest BCUT2D eigenvalue weighted by Crippen LogP contribution is -2.30. The van der Waals surface area contributed by atoms with Crippen molar-refractivity contribution >= 4 is 28.9 Å². The van der Waals surface area contributed by atoms with Crippen molar-refractivity contribution in [2.45, 2.75) is 25.9 Å². The first kappa shape index (κ1) is 16.7. The normalized spacial score (nSPS) is 15.2. The minimum Gasteiger partial charge on any atom is -0.481 e. The van der Waals surface area contributed by atoms with Crippen LogP contribution in [-0.4, -0.2) is 25.1 Å². The number of hydrogen-bond donors (Lipinski definition) is 1. The molecule has 126 valence electrons. The summed E-state index contributed by atoms with van der Waals surface area (Å²) in [5.41, 5.74) is 1.98. The van der Waals surface area contributed by atoms with Gasteiger partial charge in [-0.1, -0.05) is 11.6 Å². The van der Waals surface area contributed by atoms with Gasteiger partial charge in [-0.2, -0.15) is 0 Å². The number of rotatable bonds is 5. The van der Waals surface area contributed by atoms with Gasteiger partial charge < -0.3 is 15.0 Å². The Morgan fingerprint density at radius 1 is 1.08 bits per heavy atom. The number of benzene rings is 2. The molecule has 0 spiro atoms. The van der Waals surface area contributed by atoms with Crippen molar-refractivity contribution in [2.24, 2.45) is 0 Å². The molecule has 2 aromatic rings. The Labute approximate surface area is 147 Å². The van der Waals surface area contributed by atoms with E-state index in [4.69, 9.17) is 16.3 Å². The Hall–Kier alpha value is -2.20. The molecule has 1 aliphatic rings. The number of anilines is 2. The van der Waals surface area contributed by atoms with E-state index in [1.807, 2.05) is 24.3 Å². The van der Waals surface area contributed by atoms with Crippen molar-refractivity contribution in [3.63, 3.8) is 0 Å². The quantitative estimate of drug-likeness (QED) is 0.876. The fourth-order valence-corrected chi connectivity index (χ4v) is 2.87. The summed E-state index contributed by atoms with van der Waals surface area (Å²) < 4.78 is 5.63. The largest absolute Gasteiger partial charge is 0.481 e. The number of nitrogens with zero attached hydrogens (tertiary/aromatic N) is 1. The Balaban J connectivity index is 1.56. The summed E-state index contributed by atoms with van der Waals surface area (Å²) >= 11 is 5.84. The van der Waals surface area contributed by atoms with Crippen molar-refractivity contribution in [2.75, 3.05) is 23.3 Å². The lowest BCUT2D eigenvalue weighted by atomic mass is 10.2. The van der Waals surface area contributed by atoms with E-state index in [9.17, 15) is 4.79 Å². The maximum Gasteiger partial charge on any atom is 0.265 e.